The summed E-state index contributed by atoms with van der Waals surface area (Å²) in [4.78, 5) is 11.0. The van der Waals surface area contributed by atoms with Crippen molar-refractivity contribution >= 4 is 29.1 Å². The number of methoxy groups -OCH3 is 1. The molecule has 3 nitrogen and oxygen atoms in total. The molecule has 0 aromatic heterocycles. The molecule has 0 saturated carbocycles. The van der Waals surface area contributed by atoms with Crippen LogP contribution >= 0.6 is 23.2 Å². The van der Waals surface area contributed by atoms with Crippen LogP contribution in [-0.4, -0.2) is 18.9 Å². The molecule has 1 amide bonds. The molecule has 82 valence electrons. The van der Waals surface area contributed by atoms with Crippen LogP contribution in [0.2, 0.25) is 5.02 Å². The molecule has 0 atom stereocenters. The first kappa shape index (κ1) is 12.1. The predicted molar refractivity (Wildman–Crippen MR) is 60.6 cm³/mol. The van der Waals surface area contributed by atoms with Gasteiger partial charge in [0.15, 0.2) is 0 Å². The van der Waals surface area contributed by atoms with Crippen molar-refractivity contribution in [3.05, 3.63) is 28.8 Å². The highest BCUT2D eigenvalue weighted by Gasteiger charge is 2.05. The lowest BCUT2D eigenvalue weighted by Gasteiger charge is -2.09. The normalized spacial score (nSPS) is 9.80. The zero-order valence-electron chi connectivity index (χ0n) is 8.22. The first-order valence-corrected chi connectivity index (χ1v) is 5.23. The number of amides is 1. The summed E-state index contributed by atoms with van der Waals surface area (Å²) in [6.45, 7) is 0.356. The standard InChI is InChI=1S/C10H11Cl2NO2/c1-15-9-3-2-8(12)4-7(9)6-13-10(14)5-11/h2-4H,5-6H2,1H3,(H,13,14). The van der Waals surface area contributed by atoms with Crippen molar-refractivity contribution in [2.45, 2.75) is 6.54 Å². The molecule has 1 rings (SSSR count). The van der Waals surface area contributed by atoms with Gasteiger partial charge in [0.2, 0.25) is 5.91 Å². The van der Waals surface area contributed by atoms with Gasteiger partial charge in [-0.1, -0.05) is 11.6 Å². The number of hydrogen-bond donors (Lipinski definition) is 1. The minimum atomic E-state index is -0.223. The Hall–Kier alpha value is -0.930. The number of nitrogens with one attached hydrogen (secondary N) is 1. The van der Waals surface area contributed by atoms with Crippen molar-refractivity contribution < 1.29 is 9.53 Å². The van der Waals surface area contributed by atoms with E-state index in [1.165, 1.54) is 0 Å². The molecule has 0 spiro atoms. The molecule has 0 heterocycles. The van der Waals surface area contributed by atoms with E-state index in [2.05, 4.69) is 5.32 Å². The predicted octanol–water partition coefficient (Wildman–Crippen LogP) is 2.20. The number of rotatable bonds is 4. The number of carbonyl (C=O) groups excluding carboxylic acids is 1. The summed E-state index contributed by atoms with van der Waals surface area (Å²) in [5, 5.41) is 3.24. The van der Waals surface area contributed by atoms with Gasteiger partial charge in [0.1, 0.15) is 11.6 Å². The molecule has 0 radical (unpaired) electrons. The van der Waals surface area contributed by atoms with E-state index in [0.717, 1.165) is 5.56 Å². The highest BCUT2D eigenvalue weighted by atomic mass is 35.5. The van der Waals surface area contributed by atoms with Gasteiger partial charge in [-0.2, -0.15) is 0 Å². The molecular weight excluding hydrogens is 237 g/mol. The average molecular weight is 248 g/mol. The minimum absolute atomic E-state index is 0.0527. The molecule has 0 aliphatic carbocycles. The van der Waals surface area contributed by atoms with E-state index >= 15 is 0 Å². The third-order valence-electron chi connectivity index (χ3n) is 1.84. The third-order valence-corrected chi connectivity index (χ3v) is 2.32. The number of alkyl halides is 1. The minimum Gasteiger partial charge on any atom is -0.496 e. The van der Waals surface area contributed by atoms with Crippen molar-refractivity contribution in [1.82, 2.24) is 5.32 Å². The van der Waals surface area contributed by atoms with Crippen molar-refractivity contribution in [2.24, 2.45) is 0 Å². The molecule has 1 aromatic carbocycles. The summed E-state index contributed by atoms with van der Waals surface area (Å²) in [5.74, 6) is 0.413. The topological polar surface area (TPSA) is 38.3 Å². The summed E-state index contributed by atoms with van der Waals surface area (Å²) < 4.78 is 5.12. The Kier molecular flexibility index (Phi) is 4.72. The Morgan fingerprint density at radius 3 is 2.87 bits per heavy atom. The highest BCUT2D eigenvalue weighted by Crippen LogP contribution is 2.22. The Morgan fingerprint density at radius 1 is 1.53 bits per heavy atom. The Balaban J connectivity index is 2.74. The van der Waals surface area contributed by atoms with E-state index in [-0.39, 0.29) is 11.8 Å². The fourth-order valence-corrected chi connectivity index (χ4v) is 1.42. The van der Waals surface area contributed by atoms with Gasteiger partial charge in [-0.3, -0.25) is 4.79 Å². The molecule has 0 unspecified atom stereocenters. The van der Waals surface area contributed by atoms with Crippen LogP contribution in [0.15, 0.2) is 18.2 Å². The quantitative estimate of drug-likeness (QED) is 0.829. The molecule has 1 N–H and O–H groups in total. The van der Waals surface area contributed by atoms with Gasteiger partial charge in [0.05, 0.1) is 7.11 Å². The molecule has 0 aliphatic rings. The number of carbonyl (C=O) groups is 1. The lowest BCUT2D eigenvalue weighted by Crippen LogP contribution is -2.23. The zero-order chi connectivity index (χ0) is 11.3. The van der Waals surface area contributed by atoms with Crippen molar-refractivity contribution in [3.8, 4) is 5.75 Å². The largest absolute Gasteiger partial charge is 0.496 e. The lowest BCUT2D eigenvalue weighted by molar-refractivity contribution is -0.118. The van der Waals surface area contributed by atoms with Gasteiger partial charge in [-0.05, 0) is 18.2 Å². The summed E-state index contributed by atoms with van der Waals surface area (Å²) in [6, 6.07) is 5.23. The lowest BCUT2D eigenvalue weighted by atomic mass is 10.2. The molecule has 0 aliphatic heterocycles. The molecular formula is C10H11Cl2NO2. The van der Waals surface area contributed by atoms with Crippen LogP contribution in [0.3, 0.4) is 0 Å². The number of halogens is 2. The van der Waals surface area contributed by atoms with Gasteiger partial charge in [-0.15, -0.1) is 11.6 Å². The molecule has 0 fully saturated rings. The monoisotopic (exact) mass is 247 g/mol. The zero-order valence-corrected chi connectivity index (χ0v) is 9.73. The van der Waals surface area contributed by atoms with Gasteiger partial charge in [0, 0.05) is 17.1 Å². The van der Waals surface area contributed by atoms with Gasteiger partial charge >= 0.3 is 0 Å². The molecule has 0 saturated heterocycles. The molecule has 15 heavy (non-hydrogen) atoms. The van der Waals surface area contributed by atoms with Crippen LogP contribution in [0.1, 0.15) is 5.56 Å². The molecule has 1 aromatic rings. The van der Waals surface area contributed by atoms with E-state index in [1.807, 2.05) is 0 Å². The number of ether oxygens (including phenoxy) is 1. The number of benzene rings is 1. The Labute approximate surface area is 98.3 Å². The summed E-state index contributed by atoms with van der Waals surface area (Å²) in [7, 11) is 1.57. The second kappa shape index (κ2) is 5.83. The Morgan fingerprint density at radius 2 is 2.27 bits per heavy atom. The maximum atomic E-state index is 11.0. The average Bonchev–Trinajstić information content (AvgIpc) is 2.26. The smallest absolute Gasteiger partial charge is 0.235 e. The first-order valence-electron chi connectivity index (χ1n) is 4.32. The van der Waals surface area contributed by atoms with Crippen LogP contribution < -0.4 is 10.1 Å². The maximum absolute atomic E-state index is 11.0. The van der Waals surface area contributed by atoms with E-state index in [9.17, 15) is 4.79 Å². The SMILES string of the molecule is COc1ccc(Cl)cc1CNC(=O)CCl. The fourth-order valence-electron chi connectivity index (χ4n) is 1.13. The van der Waals surface area contributed by atoms with Crippen LogP contribution in [0.4, 0.5) is 0 Å². The molecule has 0 bridgehead atoms. The van der Waals surface area contributed by atoms with E-state index < -0.39 is 0 Å². The second-order valence-corrected chi connectivity index (χ2v) is 3.57. The highest BCUT2D eigenvalue weighted by molar-refractivity contribution is 6.30. The third kappa shape index (κ3) is 3.61. The van der Waals surface area contributed by atoms with Crippen molar-refractivity contribution in [1.29, 1.82) is 0 Å². The van der Waals surface area contributed by atoms with E-state index in [4.69, 9.17) is 27.9 Å². The Bertz CT molecular complexity index is 355. The summed E-state index contributed by atoms with van der Waals surface area (Å²) in [5.41, 5.74) is 0.823. The molecule has 5 heteroatoms. The van der Waals surface area contributed by atoms with Crippen molar-refractivity contribution in [3.63, 3.8) is 0 Å². The van der Waals surface area contributed by atoms with Crippen LogP contribution in [0, 0.1) is 0 Å². The van der Waals surface area contributed by atoms with Gasteiger partial charge in [0.25, 0.3) is 0 Å². The van der Waals surface area contributed by atoms with Crippen LogP contribution in [0.25, 0.3) is 0 Å². The summed E-state index contributed by atoms with van der Waals surface area (Å²) in [6.07, 6.45) is 0. The maximum Gasteiger partial charge on any atom is 0.235 e. The first-order chi connectivity index (χ1) is 7.17. The van der Waals surface area contributed by atoms with E-state index in [1.54, 1.807) is 25.3 Å². The number of hydrogen-bond acceptors (Lipinski definition) is 2. The summed E-state index contributed by atoms with van der Waals surface area (Å²) >= 11 is 11.2. The van der Waals surface area contributed by atoms with E-state index in [0.29, 0.717) is 17.3 Å². The van der Waals surface area contributed by atoms with Crippen LogP contribution in [-0.2, 0) is 11.3 Å². The fraction of sp³-hybridized carbons (Fsp3) is 0.300. The van der Waals surface area contributed by atoms with Crippen molar-refractivity contribution in [2.75, 3.05) is 13.0 Å². The van der Waals surface area contributed by atoms with Gasteiger partial charge in [-0.25, -0.2) is 0 Å². The second-order valence-electron chi connectivity index (χ2n) is 2.87. The van der Waals surface area contributed by atoms with Gasteiger partial charge < -0.3 is 10.1 Å². The van der Waals surface area contributed by atoms with Crippen LogP contribution in [0.5, 0.6) is 5.75 Å².